The summed E-state index contributed by atoms with van der Waals surface area (Å²) < 4.78 is 17.7. The van der Waals surface area contributed by atoms with Gasteiger partial charge in [0.1, 0.15) is 23.1 Å². The van der Waals surface area contributed by atoms with Crippen molar-refractivity contribution in [3.63, 3.8) is 0 Å². The fourth-order valence-electron chi connectivity index (χ4n) is 7.79. The lowest BCUT2D eigenvalue weighted by atomic mass is 9.65. The molecule has 242 valence electrons. The van der Waals surface area contributed by atoms with Gasteiger partial charge in [-0.3, -0.25) is 14.4 Å². The number of ether oxygens (including phenoxy) is 3. The number of carbonyl (C=O) groups excluding carboxylic acids is 3. The van der Waals surface area contributed by atoms with E-state index in [-0.39, 0.29) is 18.4 Å². The van der Waals surface area contributed by atoms with Gasteiger partial charge in [0.05, 0.1) is 43.8 Å². The fourth-order valence-corrected chi connectivity index (χ4v) is 7.79. The largest absolute Gasteiger partial charge is 0.497 e. The van der Waals surface area contributed by atoms with Crippen molar-refractivity contribution in [2.75, 3.05) is 31.0 Å². The molecule has 0 aromatic heterocycles. The van der Waals surface area contributed by atoms with Gasteiger partial charge in [0, 0.05) is 11.4 Å². The normalized spacial score (nSPS) is 26.8. The minimum absolute atomic E-state index is 0.328. The number of rotatable bonds is 12. The smallest absolute Gasteiger partial charge is 0.250 e. The zero-order chi connectivity index (χ0) is 32.5. The highest BCUT2D eigenvalue weighted by molar-refractivity contribution is 6.05. The van der Waals surface area contributed by atoms with Crippen molar-refractivity contribution in [1.82, 2.24) is 4.90 Å². The molecule has 6 atom stereocenters. The number of amides is 3. The molecule has 3 amide bonds. The van der Waals surface area contributed by atoms with E-state index in [4.69, 9.17) is 14.2 Å². The molecule has 3 aromatic rings. The average molecular weight is 628 g/mol. The van der Waals surface area contributed by atoms with Crippen LogP contribution < -0.4 is 20.1 Å². The third-order valence-corrected chi connectivity index (χ3v) is 9.86. The van der Waals surface area contributed by atoms with E-state index in [9.17, 15) is 19.5 Å². The first-order valence-electron chi connectivity index (χ1n) is 15.9. The molecule has 3 saturated heterocycles. The van der Waals surface area contributed by atoms with E-state index in [1.54, 1.807) is 55.6 Å². The van der Waals surface area contributed by atoms with Crippen molar-refractivity contribution in [1.29, 1.82) is 0 Å². The van der Waals surface area contributed by atoms with Crippen LogP contribution in [-0.2, 0) is 25.5 Å². The highest BCUT2D eigenvalue weighted by atomic mass is 16.5. The van der Waals surface area contributed by atoms with Gasteiger partial charge in [-0.25, -0.2) is 0 Å². The zero-order valence-corrected chi connectivity index (χ0v) is 26.4. The Morgan fingerprint density at radius 3 is 2.15 bits per heavy atom. The number of hydrogen-bond donors (Lipinski definition) is 3. The Bertz CT molecular complexity index is 1560. The molecule has 2 bridgehead atoms. The molecule has 10 heteroatoms. The third kappa shape index (κ3) is 5.39. The lowest BCUT2D eigenvalue weighted by Gasteiger charge is -2.37. The lowest BCUT2D eigenvalue weighted by molar-refractivity contribution is -0.148. The van der Waals surface area contributed by atoms with Crippen LogP contribution in [0.1, 0.15) is 38.7 Å². The number of carbonyl (C=O) groups is 3. The number of methoxy groups -OCH3 is 1. The first-order chi connectivity index (χ1) is 22.3. The monoisotopic (exact) mass is 627 g/mol. The van der Waals surface area contributed by atoms with Gasteiger partial charge in [-0.2, -0.15) is 0 Å². The molecule has 3 aliphatic heterocycles. The number of hydrogen-bond acceptors (Lipinski definition) is 7. The number of nitrogens with zero attached hydrogens (tertiary/aromatic N) is 1. The van der Waals surface area contributed by atoms with Crippen LogP contribution in [0.4, 0.5) is 11.4 Å². The highest BCUT2D eigenvalue weighted by Gasteiger charge is 2.79. The van der Waals surface area contributed by atoms with Crippen molar-refractivity contribution in [3.05, 3.63) is 84.4 Å². The molecular weight excluding hydrogens is 586 g/mol. The summed E-state index contributed by atoms with van der Waals surface area (Å²) >= 11 is 0. The maximum atomic E-state index is 14.7. The van der Waals surface area contributed by atoms with Gasteiger partial charge in [-0.1, -0.05) is 37.3 Å². The molecule has 2 unspecified atom stereocenters. The topological polar surface area (TPSA) is 126 Å². The van der Waals surface area contributed by atoms with E-state index in [0.29, 0.717) is 55.2 Å². The van der Waals surface area contributed by atoms with Crippen LogP contribution in [0, 0.1) is 11.8 Å². The van der Waals surface area contributed by atoms with Crippen LogP contribution >= 0.6 is 0 Å². The number of fused-ring (bicyclic) bond motifs is 1. The molecule has 3 N–H and O–H groups in total. The Morgan fingerprint density at radius 2 is 1.57 bits per heavy atom. The summed E-state index contributed by atoms with van der Waals surface area (Å²) in [6, 6.07) is 21.8. The van der Waals surface area contributed by atoms with Crippen LogP contribution in [0.15, 0.2) is 78.9 Å². The van der Waals surface area contributed by atoms with Gasteiger partial charge in [0.25, 0.3) is 0 Å². The summed E-state index contributed by atoms with van der Waals surface area (Å²) in [6.07, 6.45) is 1.79. The van der Waals surface area contributed by atoms with Gasteiger partial charge in [0.15, 0.2) is 0 Å². The predicted octanol–water partition coefficient (Wildman–Crippen LogP) is 4.43. The number of aliphatic hydroxyl groups excluding tert-OH is 1. The Balaban J connectivity index is 1.37. The Labute approximate surface area is 269 Å². The van der Waals surface area contributed by atoms with Crippen molar-refractivity contribution < 1.29 is 33.7 Å². The van der Waals surface area contributed by atoms with Crippen LogP contribution in [0.3, 0.4) is 0 Å². The Kier molecular flexibility index (Phi) is 8.76. The van der Waals surface area contributed by atoms with Crippen LogP contribution in [-0.4, -0.2) is 71.3 Å². The molecule has 3 heterocycles. The molecule has 0 radical (unpaired) electrons. The molecule has 3 aliphatic rings. The minimum atomic E-state index is -1.24. The van der Waals surface area contributed by atoms with Gasteiger partial charge in [0.2, 0.25) is 17.7 Å². The second-order valence-electron chi connectivity index (χ2n) is 12.3. The number of aliphatic hydroxyl groups is 1. The maximum absolute atomic E-state index is 14.7. The van der Waals surface area contributed by atoms with Gasteiger partial charge < -0.3 is 34.9 Å². The SMILES string of the molecule is CCOc1ccc(NC(=O)[C@H]2[C@H]3C(=O)N([C@@H](CO)Cc4ccccc4)C(C(=O)Nc4ccc(OC)cc4)C34CC[C@]2(CC)O4)cc1. The number of anilines is 2. The molecule has 10 nitrogen and oxygen atoms in total. The summed E-state index contributed by atoms with van der Waals surface area (Å²) in [7, 11) is 1.57. The molecule has 0 saturated carbocycles. The van der Waals surface area contributed by atoms with Gasteiger partial charge in [-0.15, -0.1) is 0 Å². The van der Waals surface area contributed by atoms with E-state index >= 15 is 0 Å². The van der Waals surface area contributed by atoms with Crippen LogP contribution in [0.25, 0.3) is 0 Å². The summed E-state index contributed by atoms with van der Waals surface area (Å²) in [5.74, 6) is -1.51. The van der Waals surface area contributed by atoms with Crippen LogP contribution in [0.2, 0.25) is 0 Å². The fraction of sp³-hybridized carbons (Fsp3) is 0.417. The molecule has 3 fully saturated rings. The molecular formula is C36H41N3O7. The zero-order valence-electron chi connectivity index (χ0n) is 26.4. The van der Waals surface area contributed by atoms with Crippen molar-refractivity contribution >= 4 is 29.1 Å². The van der Waals surface area contributed by atoms with Gasteiger partial charge >= 0.3 is 0 Å². The van der Waals surface area contributed by atoms with Gasteiger partial charge in [-0.05, 0) is 86.7 Å². The van der Waals surface area contributed by atoms with E-state index < -0.39 is 41.0 Å². The van der Waals surface area contributed by atoms with E-state index in [1.807, 2.05) is 44.2 Å². The van der Waals surface area contributed by atoms with Crippen molar-refractivity contribution in [3.8, 4) is 11.5 Å². The molecule has 3 aromatic carbocycles. The first-order valence-corrected chi connectivity index (χ1v) is 15.9. The Hall–Kier alpha value is -4.41. The lowest BCUT2D eigenvalue weighted by Crippen LogP contribution is -2.57. The summed E-state index contributed by atoms with van der Waals surface area (Å²) in [5.41, 5.74) is -0.129. The molecule has 6 rings (SSSR count). The minimum Gasteiger partial charge on any atom is -0.497 e. The number of likely N-dealkylation sites (tertiary alicyclic amines) is 1. The molecule has 0 aliphatic carbocycles. The standard InChI is InChI=1S/C36H41N3O7/c1-4-35-19-20-36(46-35)30(29(35)32(41)37-24-13-17-28(18-14-24)45-5-2)34(43)39(26(22-40)21-23-9-7-6-8-10-23)31(36)33(42)38-25-11-15-27(44-3)16-12-25/h6-18,26,29-31,40H,4-5,19-22H2,1-3H3,(H,37,41)(H,38,42)/t26-,29-,30+,31?,35+,36?/m1/s1. The van der Waals surface area contributed by atoms with Crippen molar-refractivity contribution in [2.45, 2.75) is 62.8 Å². The third-order valence-electron chi connectivity index (χ3n) is 9.86. The second-order valence-corrected chi connectivity index (χ2v) is 12.3. The summed E-state index contributed by atoms with van der Waals surface area (Å²) in [4.78, 5) is 44.7. The Morgan fingerprint density at radius 1 is 0.935 bits per heavy atom. The van der Waals surface area contributed by atoms with E-state index in [0.717, 1.165) is 5.56 Å². The number of benzene rings is 3. The first kappa shape index (κ1) is 31.6. The predicted molar refractivity (Wildman–Crippen MR) is 173 cm³/mol. The maximum Gasteiger partial charge on any atom is 0.250 e. The highest BCUT2D eigenvalue weighted by Crippen LogP contribution is 2.64. The number of nitrogens with one attached hydrogen (secondary N) is 2. The van der Waals surface area contributed by atoms with Crippen LogP contribution in [0.5, 0.6) is 11.5 Å². The summed E-state index contributed by atoms with van der Waals surface area (Å²) in [5, 5.41) is 16.7. The second kappa shape index (κ2) is 12.8. The quantitative estimate of drug-likeness (QED) is 0.271. The molecule has 46 heavy (non-hydrogen) atoms. The summed E-state index contributed by atoms with van der Waals surface area (Å²) in [6.45, 7) is 4.02. The van der Waals surface area contributed by atoms with Crippen molar-refractivity contribution in [2.24, 2.45) is 11.8 Å². The molecule has 1 spiro atoms. The van der Waals surface area contributed by atoms with E-state index in [1.165, 1.54) is 4.90 Å². The average Bonchev–Trinajstić information content (AvgIpc) is 3.69. The van der Waals surface area contributed by atoms with E-state index in [2.05, 4.69) is 10.6 Å².